The highest BCUT2D eigenvalue weighted by Crippen LogP contribution is 2.15. The van der Waals surface area contributed by atoms with Gasteiger partial charge in [0.15, 0.2) is 0 Å². The Kier molecular flexibility index (Phi) is 5.87. The van der Waals surface area contributed by atoms with Crippen LogP contribution < -0.4 is 10.6 Å². The predicted octanol–water partition coefficient (Wildman–Crippen LogP) is 1.68. The van der Waals surface area contributed by atoms with Gasteiger partial charge in [-0.25, -0.2) is 0 Å². The van der Waals surface area contributed by atoms with Crippen molar-refractivity contribution in [2.24, 2.45) is 0 Å². The smallest absolute Gasteiger partial charge is 0.230 e. The molecule has 2 N–H and O–H groups in total. The van der Waals surface area contributed by atoms with E-state index >= 15 is 0 Å². The first-order chi connectivity index (χ1) is 11.7. The van der Waals surface area contributed by atoms with Crippen molar-refractivity contribution in [2.75, 3.05) is 49.6 Å². The van der Waals surface area contributed by atoms with Crippen molar-refractivity contribution in [3.63, 3.8) is 0 Å². The van der Waals surface area contributed by atoms with Gasteiger partial charge in [-0.2, -0.15) is 26.7 Å². The van der Waals surface area contributed by atoms with Crippen molar-refractivity contribution in [2.45, 2.75) is 12.2 Å². The van der Waals surface area contributed by atoms with E-state index in [1.807, 2.05) is 17.8 Å². The van der Waals surface area contributed by atoms with Crippen LogP contribution in [0.15, 0.2) is 30.3 Å². The first-order valence-electron chi connectivity index (χ1n) is 8.26. The van der Waals surface area contributed by atoms with Gasteiger partial charge in [0.2, 0.25) is 11.9 Å². The molecule has 0 unspecified atom stereocenters. The predicted molar refractivity (Wildman–Crippen MR) is 100 cm³/mol. The van der Waals surface area contributed by atoms with Crippen molar-refractivity contribution in [1.82, 2.24) is 19.9 Å². The normalized spacial score (nSPS) is 15.6. The quantitative estimate of drug-likeness (QED) is 0.799. The standard InChI is InChI=1S/C17H24N6S/c1-22-8-10-23(11-9-22)17-20-15(19-16(18)21-17)7-12-24-13-14-5-3-2-4-6-14/h2-6H,7-13H2,1H3,(H2,18,19,20,21). The van der Waals surface area contributed by atoms with Gasteiger partial charge in [0, 0.05) is 44.1 Å². The minimum Gasteiger partial charge on any atom is -0.368 e. The van der Waals surface area contributed by atoms with Crippen LogP contribution in [0.25, 0.3) is 0 Å². The Balaban J connectivity index is 1.54. The van der Waals surface area contributed by atoms with E-state index in [-0.39, 0.29) is 0 Å². The van der Waals surface area contributed by atoms with Crippen LogP contribution in [0.2, 0.25) is 0 Å². The average molecular weight is 344 g/mol. The van der Waals surface area contributed by atoms with E-state index in [1.165, 1.54) is 5.56 Å². The number of nitrogens with two attached hydrogens (primary N) is 1. The van der Waals surface area contributed by atoms with Crippen LogP contribution in [0.5, 0.6) is 0 Å². The maximum absolute atomic E-state index is 5.88. The topological polar surface area (TPSA) is 71.2 Å². The Labute approximate surface area is 147 Å². The highest BCUT2D eigenvalue weighted by atomic mass is 32.2. The minimum absolute atomic E-state index is 0.321. The number of nitrogen functional groups attached to an aromatic ring is 1. The van der Waals surface area contributed by atoms with Gasteiger partial charge < -0.3 is 15.5 Å². The van der Waals surface area contributed by atoms with Gasteiger partial charge in [0.25, 0.3) is 0 Å². The van der Waals surface area contributed by atoms with E-state index in [0.29, 0.717) is 5.95 Å². The van der Waals surface area contributed by atoms with Crippen LogP contribution in [0, 0.1) is 0 Å². The summed E-state index contributed by atoms with van der Waals surface area (Å²) in [5.74, 6) is 3.81. The molecule has 0 bridgehead atoms. The van der Waals surface area contributed by atoms with Gasteiger partial charge in [0.05, 0.1) is 0 Å². The largest absolute Gasteiger partial charge is 0.368 e. The SMILES string of the molecule is CN1CCN(c2nc(N)nc(CCSCc3ccccc3)n2)CC1. The molecule has 0 saturated carbocycles. The fourth-order valence-electron chi connectivity index (χ4n) is 2.61. The third kappa shape index (κ3) is 4.82. The number of benzene rings is 1. The van der Waals surface area contributed by atoms with Crippen molar-refractivity contribution in [1.29, 1.82) is 0 Å². The number of thioether (sulfide) groups is 1. The van der Waals surface area contributed by atoms with Crippen molar-refractivity contribution in [3.8, 4) is 0 Å². The Morgan fingerprint density at radius 1 is 1.04 bits per heavy atom. The maximum Gasteiger partial charge on any atom is 0.230 e. The number of hydrogen-bond acceptors (Lipinski definition) is 7. The molecule has 24 heavy (non-hydrogen) atoms. The fraction of sp³-hybridized carbons (Fsp3) is 0.471. The molecule has 0 aliphatic carbocycles. The van der Waals surface area contributed by atoms with Crippen LogP contribution >= 0.6 is 11.8 Å². The van der Waals surface area contributed by atoms with Crippen LogP contribution in [-0.2, 0) is 12.2 Å². The molecule has 1 aromatic carbocycles. The van der Waals surface area contributed by atoms with Crippen LogP contribution in [0.3, 0.4) is 0 Å². The lowest BCUT2D eigenvalue weighted by atomic mass is 10.2. The number of aromatic nitrogens is 3. The number of hydrogen-bond donors (Lipinski definition) is 1. The highest BCUT2D eigenvalue weighted by Gasteiger charge is 2.17. The maximum atomic E-state index is 5.88. The number of aryl methyl sites for hydroxylation is 1. The van der Waals surface area contributed by atoms with Gasteiger partial charge in [-0.1, -0.05) is 30.3 Å². The zero-order chi connectivity index (χ0) is 16.8. The molecule has 6 nitrogen and oxygen atoms in total. The molecule has 2 aromatic rings. The molecular formula is C17H24N6S. The Bertz CT molecular complexity index is 643. The zero-order valence-electron chi connectivity index (χ0n) is 14.1. The highest BCUT2D eigenvalue weighted by molar-refractivity contribution is 7.98. The van der Waals surface area contributed by atoms with E-state index in [2.05, 4.69) is 56.1 Å². The molecule has 1 aliphatic heterocycles. The van der Waals surface area contributed by atoms with Crippen LogP contribution in [0.1, 0.15) is 11.4 Å². The summed E-state index contributed by atoms with van der Waals surface area (Å²) in [7, 11) is 2.13. The second-order valence-electron chi connectivity index (χ2n) is 5.99. The Hall–Kier alpha value is -1.86. The molecule has 1 aliphatic rings. The lowest BCUT2D eigenvalue weighted by Crippen LogP contribution is -2.45. The number of anilines is 2. The Morgan fingerprint density at radius 2 is 1.79 bits per heavy atom. The van der Waals surface area contributed by atoms with Gasteiger partial charge >= 0.3 is 0 Å². The first-order valence-corrected chi connectivity index (χ1v) is 9.42. The summed E-state index contributed by atoms with van der Waals surface area (Å²) in [6, 6.07) is 10.5. The van der Waals surface area contributed by atoms with Gasteiger partial charge in [-0.15, -0.1) is 0 Å². The van der Waals surface area contributed by atoms with E-state index in [4.69, 9.17) is 5.73 Å². The third-order valence-corrected chi connectivity index (χ3v) is 5.09. The number of likely N-dealkylation sites (N-methyl/N-ethyl adjacent to an activating group) is 1. The molecule has 1 fully saturated rings. The summed E-state index contributed by atoms with van der Waals surface area (Å²) in [4.78, 5) is 17.7. The molecular weight excluding hydrogens is 320 g/mol. The van der Waals surface area contributed by atoms with Gasteiger partial charge in [-0.3, -0.25) is 0 Å². The summed E-state index contributed by atoms with van der Waals surface area (Å²) in [6.07, 6.45) is 0.810. The summed E-state index contributed by atoms with van der Waals surface area (Å²) in [5.41, 5.74) is 7.23. The van der Waals surface area contributed by atoms with Crippen molar-refractivity contribution < 1.29 is 0 Å². The van der Waals surface area contributed by atoms with Crippen LogP contribution in [-0.4, -0.2) is 58.8 Å². The molecule has 2 heterocycles. The molecule has 1 saturated heterocycles. The van der Waals surface area contributed by atoms with E-state index < -0.39 is 0 Å². The Morgan fingerprint density at radius 3 is 2.54 bits per heavy atom. The third-order valence-electron chi connectivity index (χ3n) is 4.05. The van der Waals surface area contributed by atoms with E-state index in [0.717, 1.165) is 55.9 Å². The second-order valence-corrected chi connectivity index (χ2v) is 7.09. The second kappa shape index (κ2) is 8.30. The van der Waals surface area contributed by atoms with Crippen LogP contribution in [0.4, 0.5) is 11.9 Å². The number of rotatable bonds is 6. The lowest BCUT2D eigenvalue weighted by molar-refractivity contribution is 0.311. The zero-order valence-corrected chi connectivity index (χ0v) is 14.9. The summed E-state index contributed by atoms with van der Waals surface area (Å²) < 4.78 is 0. The summed E-state index contributed by atoms with van der Waals surface area (Å²) in [5, 5.41) is 0. The molecule has 0 radical (unpaired) electrons. The monoisotopic (exact) mass is 344 g/mol. The summed E-state index contributed by atoms with van der Waals surface area (Å²) in [6.45, 7) is 3.91. The fourth-order valence-corrected chi connectivity index (χ4v) is 3.51. The molecule has 0 spiro atoms. The number of piperazine rings is 1. The van der Waals surface area contributed by atoms with Crippen molar-refractivity contribution in [3.05, 3.63) is 41.7 Å². The molecule has 3 rings (SSSR count). The molecule has 0 amide bonds. The van der Waals surface area contributed by atoms with Gasteiger partial charge in [0.1, 0.15) is 5.82 Å². The van der Waals surface area contributed by atoms with E-state index in [1.54, 1.807) is 0 Å². The molecule has 128 valence electrons. The molecule has 7 heteroatoms. The lowest BCUT2D eigenvalue weighted by Gasteiger charge is -2.32. The number of nitrogens with zero attached hydrogens (tertiary/aromatic N) is 5. The molecule has 0 atom stereocenters. The summed E-state index contributed by atoms with van der Waals surface area (Å²) >= 11 is 1.89. The minimum atomic E-state index is 0.321. The van der Waals surface area contributed by atoms with Crippen molar-refractivity contribution >= 4 is 23.7 Å². The first kappa shape index (κ1) is 17.0. The van der Waals surface area contributed by atoms with Gasteiger partial charge in [-0.05, 0) is 12.6 Å². The average Bonchev–Trinajstić information content (AvgIpc) is 2.60. The molecule has 1 aromatic heterocycles. The van der Waals surface area contributed by atoms with E-state index in [9.17, 15) is 0 Å².